The molecule has 2 fully saturated rings. The van der Waals surface area contributed by atoms with Gasteiger partial charge in [-0.15, -0.1) is 0 Å². The molecule has 0 aliphatic carbocycles. The lowest BCUT2D eigenvalue weighted by atomic mass is 9.99. The second kappa shape index (κ2) is 32.8. The number of carbonyl (C=O) groups excluding carboxylic acids is 2. The zero-order valence-corrected chi connectivity index (χ0v) is 42.1. The molecule has 3 rings (SSSR count). The van der Waals surface area contributed by atoms with Crippen LogP contribution in [-0.4, -0.2) is 97.9 Å². The number of aromatic nitrogens is 2. The van der Waals surface area contributed by atoms with Crippen LogP contribution in [0.25, 0.3) is 0 Å². The molecule has 2 aliphatic rings. The lowest BCUT2D eigenvalue weighted by molar-refractivity contribution is -0.161. The van der Waals surface area contributed by atoms with E-state index in [1.807, 2.05) is 12.2 Å². The highest BCUT2D eigenvalue weighted by atomic mass is 31.3. The fraction of sp³-hybridized carbons (Fsp3) is 0.745. The van der Waals surface area contributed by atoms with Gasteiger partial charge < -0.3 is 44.7 Å². The SMILES string of the molecule is CCCCCC1OC1C/C=C\C/C=C\C/C=C\CCCC(=O)OC[C@H](COP(=O)(O)OP(=O)(O)OC[C@H]1O[C@@H](n2ccc(N)nc2=O)[C@H](O)[C@@H]1O)OC(=O)CCCCCCCCCCC(C)CC. The van der Waals surface area contributed by atoms with Gasteiger partial charge in [-0.1, -0.05) is 134 Å². The fourth-order valence-electron chi connectivity index (χ4n) is 7.38. The minimum atomic E-state index is -5.43. The van der Waals surface area contributed by atoms with Crippen LogP contribution >= 0.6 is 15.6 Å². The number of aliphatic hydroxyl groups is 2. The predicted molar refractivity (Wildman–Crippen MR) is 256 cm³/mol. The quantitative estimate of drug-likeness (QED) is 0.0137. The molecule has 388 valence electrons. The zero-order chi connectivity index (χ0) is 49.8. The molecule has 0 bridgehead atoms. The number of epoxide rings is 1. The van der Waals surface area contributed by atoms with Gasteiger partial charge in [0.2, 0.25) is 0 Å². The van der Waals surface area contributed by atoms with Gasteiger partial charge in [0.25, 0.3) is 0 Å². The van der Waals surface area contributed by atoms with Crippen molar-refractivity contribution in [1.29, 1.82) is 0 Å². The standard InChI is InChI=1S/C47H79N3O16P2/c1-4-6-21-27-38-39(64-38)28-23-18-14-9-7-8-10-15-19-24-29-42(51)60-33-37(63-43(52)30-25-20-16-12-11-13-17-22-26-36(3)5-2)34-61-67(56,57)66-68(58,59)62-35-40-44(53)45(54)46(65-40)50-32-31-41(48)49-47(50)55/h7,9-10,15,18,23,31-32,36-40,44-46,53-54H,4-6,8,11-14,16-17,19-22,24-30,33-35H2,1-3H3,(H,56,57)(H,58,59)(H2,48,49,55)/b9-7-,15-10-,23-18-/t36?,37-,38?,39?,40-,44-,45-,46-/m1/s1. The van der Waals surface area contributed by atoms with Crippen molar-refractivity contribution in [1.82, 2.24) is 9.55 Å². The van der Waals surface area contributed by atoms with E-state index < -0.39 is 83.7 Å². The summed E-state index contributed by atoms with van der Waals surface area (Å²) < 4.78 is 62.4. The molecule has 0 radical (unpaired) electrons. The number of phosphoric ester groups is 2. The molecule has 5 unspecified atom stereocenters. The number of rotatable bonds is 38. The Morgan fingerprint density at radius 2 is 1.44 bits per heavy atom. The van der Waals surface area contributed by atoms with E-state index >= 15 is 0 Å². The van der Waals surface area contributed by atoms with Crippen molar-refractivity contribution in [3.63, 3.8) is 0 Å². The maximum atomic E-state index is 12.8. The van der Waals surface area contributed by atoms with Gasteiger partial charge in [-0.25, -0.2) is 13.9 Å². The molecule has 2 saturated heterocycles. The molecule has 0 aromatic carbocycles. The van der Waals surface area contributed by atoms with Crippen molar-refractivity contribution in [2.45, 2.75) is 198 Å². The second-order valence-corrected chi connectivity index (χ2v) is 20.6. The van der Waals surface area contributed by atoms with Crippen molar-refractivity contribution in [2.24, 2.45) is 5.92 Å². The first-order valence-corrected chi connectivity index (χ1v) is 27.5. The van der Waals surface area contributed by atoms with E-state index in [1.165, 1.54) is 57.4 Å². The summed E-state index contributed by atoms with van der Waals surface area (Å²) in [7, 11) is -10.9. The molecule has 6 N–H and O–H groups in total. The smallest absolute Gasteiger partial charge is 0.462 e. The third-order valence-electron chi connectivity index (χ3n) is 11.7. The number of phosphoric acid groups is 2. The van der Waals surface area contributed by atoms with Gasteiger partial charge in [0.15, 0.2) is 12.3 Å². The van der Waals surface area contributed by atoms with Crippen LogP contribution in [0.15, 0.2) is 53.5 Å². The highest BCUT2D eigenvalue weighted by Gasteiger charge is 2.46. The van der Waals surface area contributed by atoms with Gasteiger partial charge in [-0.05, 0) is 56.9 Å². The Morgan fingerprint density at radius 3 is 2.13 bits per heavy atom. The number of esters is 2. The van der Waals surface area contributed by atoms with Gasteiger partial charge in [0.1, 0.15) is 30.7 Å². The third-order valence-corrected chi connectivity index (χ3v) is 14.3. The summed E-state index contributed by atoms with van der Waals surface area (Å²) in [4.78, 5) is 61.8. The van der Waals surface area contributed by atoms with Crippen molar-refractivity contribution >= 4 is 33.4 Å². The maximum absolute atomic E-state index is 12.8. The molecule has 19 nitrogen and oxygen atoms in total. The monoisotopic (exact) mass is 1000 g/mol. The predicted octanol–water partition coefficient (Wildman–Crippen LogP) is 8.45. The average molecular weight is 1000 g/mol. The van der Waals surface area contributed by atoms with Crippen LogP contribution in [0.5, 0.6) is 0 Å². The molecule has 68 heavy (non-hydrogen) atoms. The van der Waals surface area contributed by atoms with Gasteiger partial charge in [-0.3, -0.25) is 23.2 Å². The first-order chi connectivity index (χ1) is 32.5. The molecule has 0 saturated carbocycles. The van der Waals surface area contributed by atoms with E-state index in [9.17, 15) is 43.5 Å². The third kappa shape index (κ3) is 25.2. The summed E-state index contributed by atoms with van der Waals surface area (Å²) in [5.41, 5.74) is 4.58. The number of nitrogen functional groups attached to an aromatic ring is 1. The van der Waals surface area contributed by atoms with Gasteiger partial charge in [0, 0.05) is 19.0 Å². The van der Waals surface area contributed by atoms with Crippen LogP contribution in [0.1, 0.15) is 162 Å². The normalized spacial score (nSPS) is 23.2. The molecular weight excluding hydrogens is 924 g/mol. The molecular formula is C47H79N3O16P2. The van der Waals surface area contributed by atoms with E-state index in [0.717, 1.165) is 68.0 Å². The van der Waals surface area contributed by atoms with Crippen LogP contribution in [0.3, 0.4) is 0 Å². The topological polar surface area (TPSA) is 278 Å². The number of hydrogen-bond donors (Lipinski definition) is 5. The zero-order valence-electron chi connectivity index (χ0n) is 40.3. The summed E-state index contributed by atoms with van der Waals surface area (Å²) in [6.07, 6.45) is 25.7. The van der Waals surface area contributed by atoms with Gasteiger partial charge in [-0.2, -0.15) is 9.29 Å². The summed E-state index contributed by atoms with van der Waals surface area (Å²) in [5, 5.41) is 20.9. The summed E-state index contributed by atoms with van der Waals surface area (Å²) >= 11 is 0. The van der Waals surface area contributed by atoms with Crippen LogP contribution in [0.2, 0.25) is 0 Å². The Bertz CT molecular complexity index is 1860. The van der Waals surface area contributed by atoms with Crippen molar-refractivity contribution in [3.05, 3.63) is 59.2 Å². The Hall–Kier alpha value is -3.06. The number of unbranched alkanes of at least 4 members (excludes halogenated alkanes) is 10. The van der Waals surface area contributed by atoms with Crippen LogP contribution in [-0.2, 0) is 51.0 Å². The fourth-order valence-corrected chi connectivity index (χ4v) is 9.49. The Labute approximate surface area is 402 Å². The summed E-state index contributed by atoms with van der Waals surface area (Å²) in [6, 6.07) is 1.24. The minimum Gasteiger partial charge on any atom is -0.462 e. The molecule has 10 atom stereocenters. The Kier molecular flexibility index (Phi) is 28.5. The van der Waals surface area contributed by atoms with Crippen LogP contribution < -0.4 is 11.4 Å². The van der Waals surface area contributed by atoms with E-state index in [4.69, 9.17) is 33.7 Å². The Morgan fingerprint density at radius 1 is 0.794 bits per heavy atom. The highest BCUT2D eigenvalue weighted by molar-refractivity contribution is 7.61. The number of carbonyl (C=O) groups is 2. The minimum absolute atomic E-state index is 0.0359. The van der Waals surface area contributed by atoms with Gasteiger partial charge in [0.05, 0.1) is 25.4 Å². The number of ether oxygens (including phenoxy) is 4. The second-order valence-electron chi connectivity index (χ2n) is 17.6. The maximum Gasteiger partial charge on any atom is 0.481 e. The van der Waals surface area contributed by atoms with Crippen LogP contribution in [0, 0.1) is 5.92 Å². The molecule has 1 aromatic rings. The van der Waals surface area contributed by atoms with E-state index in [2.05, 4.69) is 54.4 Å². The van der Waals surface area contributed by atoms with E-state index in [1.54, 1.807) is 0 Å². The molecule has 0 spiro atoms. The first-order valence-electron chi connectivity index (χ1n) is 24.5. The number of allylic oxidation sites excluding steroid dienone is 5. The molecule has 1 aromatic heterocycles. The number of anilines is 1. The van der Waals surface area contributed by atoms with E-state index in [0.29, 0.717) is 31.5 Å². The van der Waals surface area contributed by atoms with Crippen LogP contribution in [0.4, 0.5) is 5.82 Å². The number of nitrogens with two attached hydrogens (primary N) is 1. The largest absolute Gasteiger partial charge is 0.481 e. The Balaban J connectivity index is 1.42. The summed E-state index contributed by atoms with van der Waals surface area (Å²) in [5.74, 6) is -0.613. The molecule has 0 amide bonds. The highest BCUT2D eigenvalue weighted by Crippen LogP contribution is 2.60. The molecule has 3 heterocycles. The summed E-state index contributed by atoms with van der Waals surface area (Å²) in [6.45, 7) is 4.33. The number of nitrogens with zero attached hydrogens (tertiary/aromatic N) is 2. The number of hydrogen-bond acceptors (Lipinski definition) is 16. The average Bonchev–Trinajstić information content (AvgIpc) is 3.98. The van der Waals surface area contributed by atoms with E-state index in [-0.39, 0.29) is 18.7 Å². The first kappa shape index (κ1) is 59.2. The number of aliphatic hydroxyl groups excluding tert-OH is 2. The molecule has 2 aliphatic heterocycles. The van der Waals surface area contributed by atoms with Gasteiger partial charge >= 0.3 is 33.3 Å². The van der Waals surface area contributed by atoms with Crippen molar-refractivity contribution in [3.8, 4) is 0 Å². The molecule has 21 heteroatoms. The lowest BCUT2D eigenvalue weighted by Crippen LogP contribution is -2.36. The van der Waals surface area contributed by atoms with Crippen molar-refractivity contribution < 1.29 is 71.0 Å². The van der Waals surface area contributed by atoms with Crippen molar-refractivity contribution in [2.75, 3.05) is 25.6 Å². The lowest BCUT2D eigenvalue weighted by Gasteiger charge is -2.21.